The van der Waals surface area contributed by atoms with Gasteiger partial charge in [-0.15, -0.1) is 0 Å². The van der Waals surface area contributed by atoms with E-state index >= 15 is 0 Å². The van der Waals surface area contributed by atoms with Gasteiger partial charge in [0.15, 0.2) is 0 Å². The molecule has 1 rings (SSSR count). The second kappa shape index (κ2) is 6.67. The Morgan fingerprint density at radius 1 is 1.46 bits per heavy atom. The normalized spacial score (nSPS) is 9.38. The third kappa shape index (κ3) is 4.33. The number of anilines is 1. The number of hydrogen-bond donors (Lipinski definition) is 1. The molecule has 0 heterocycles. The maximum absolute atomic E-state index is 9.52. The minimum absolute atomic E-state index is 0. The Labute approximate surface area is 103 Å². The van der Waals surface area contributed by atoms with Gasteiger partial charge in [0, 0.05) is 5.69 Å². The monoisotopic (exact) mass is 209 g/mol. The van der Waals surface area contributed by atoms with Gasteiger partial charge >= 0.3 is 29.6 Å². The average Bonchev–Trinajstić information content (AvgIpc) is 2.07. The van der Waals surface area contributed by atoms with Crippen LogP contribution in [0.3, 0.4) is 0 Å². The molecule has 0 saturated heterocycles. The standard InChI is InChI=1S/C7H9NO3S.Na/c1-5-2-3-6(8)7(4-5)12-11-10-9;/h2-4,9H,8H2,1H3;/q;+1/p-1. The molecule has 0 aliphatic carbocycles. The Bertz CT molecular complexity index is 272. The molecular formula is C7H8NNaO3S. The van der Waals surface area contributed by atoms with E-state index in [1.54, 1.807) is 12.1 Å². The van der Waals surface area contributed by atoms with E-state index in [-0.39, 0.29) is 29.6 Å². The van der Waals surface area contributed by atoms with Gasteiger partial charge in [0.1, 0.15) is 0 Å². The van der Waals surface area contributed by atoms with Crippen molar-refractivity contribution in [1.29, 1.82) is 0 Å². The summed E-state index contributed by atoms with van der Waals surface area (Å²) in [5.41, 5.74) is 7.17. The topological polar surface area (TPSA) is 67.5 Å². The van der Waals surface area contributed by atoms with Crippen molar-refractivity contribution in [3.63, 3.8) is 0 Å². The molecule has 0 radical (unpaired) electrons. The summed E-state index contributed by atoms with van der Waals surface area (Å²) in [4.78, 5) is 0.672. The van der Waals surface area contributed by atoms with Crippen molar-refractivity contribution >= 4 is 17.7 Å². The van der Waals surface area contributed by atoms with Crippen LogP contribution in [0.15, 0.2) is 23.1 Å². The molecule has 4 nitrogen and oxygen atoms in total. The maximum Gasteiger partial charge on any atom is 1.00 e. The second-order valence-corrected chi connectivity index (χ2v) is 3.00. The molecule has 0 atom stereocenters. The van der Waals surface area contributed by atoms with Crippen molar-refractivity contribution < 1.29 is 44.2 Å². The number of nitrogen functional groups attached to an aromatic ring is 1. The minimum atomic E-state index is 0. The SMILES string of the molecule is Cc1ccc(N)c(SOO[O-])c1.[Na+]. The first kappa shape index (κ1) is 13.2. The average molecular weight is 209 g/mol. The van der Waals surface area contributed by atoms with Crippen LogP contribution in [-0.2, 0) is 9.37 Å². The van der Waals surface area contributed by atoms with Gasteiger partial charge in [-0.1, -0.05) is 6.07 Å². The van der Waals surface area contributed by atoms with Crippen LogP contribution in [0.4, 0.5) is 5.69 Å². The molecule has 0 fully saturated rings. The fraction of sp³-hybridized carbons (Fsp3) is 0.143. The molecule has 0 aliphatic rings. The predicted octanol–water partition coefficient (Wildman–Crippen LogP) is -2.19. The third-order valence-electron chi connectivity index (χ3n) is 1.32. The summed E-state index contributed by atoms with van der Waals surface area (Å²) < 4.78 is 4.14. The summed E-state index contributed by atoms with van der Waals surface area (Å²) in [5, 5.41) is 12.7. The van der Waals surface area contributed by atoms with E-state index in [0.29, 0.717) is 10.6 Å². The summed E-state index contributed by atoms with van der Waals surface area (Å²) in [6, 6.07) is 5.42. The summed E-state index contributed by atoms with van der Waals surface area (Å²) in [6.07, 6.45) is 0. The van der Waals surface area contributed by atoms with Gasteiger partial charge in [0.05, 0.1) is 16.9 Å². The zero-order valence-electron chi connectivity index (χ0n) is 7.44. The molecular weight excluding hydrogens is 201 g/mol. The Balaban J connectivity index is 0.00000144. The van der Waals surface area contributed by atoms with Gasteiger partial charge in [-0.25, -0.2) is 0 Å². The van der Waals surface area contributed by atoms with Gasteiger partial charge in [-0.05, 0) is 24.6 Å². The summed E-state index contributed by atoms with van der Waals surface area (Å²) in [5.74, 6) is 0. The molecule has 0 unspecified atom stereocenters. The van der Waals surface area contributed by atoms with E-state index in [9.17, 15) is 5.26 Å². The second-order valence-electron chi connectivity index (χ2n) is 2.26. The molecule has 0 amide bonds. The van der Waals surface area contributed by atoms with Crippen LogP contribution in [0, 0.1) is 6.92 Å². The zero-order valence-corrected chi connectivity index (χ0v) is 10.3. The fourth-order valence-electron chi connectivity index (χ4n) is 0.764. The van der Waals surface area contributed by atoms with Gasteiger partial charge < -0.3 is 11.0 Å². The first-order chi connectivity index (χ1) is 5.74. The van der Waals surface area contributed by atoms with Gasteiger partial charge in [-0.3, -0.25) is 5.04 Å². The van der Waals surface area contributed by atoms with E-state index in [2.05, 4.69) is 9.37 Å². The van der Waals surface area contributed by atoms with Gasteiger partial charge in [0.2, 0.25) is 0 Å². The van der Waals surface area contributed by atoms with E-state index in [1.807, 2.05) is 13.0 Å². The summed E-state index contributed by atoms with van der Waals surface area (Å²) in [7, 11) is 0. The van der Waals surface area contributed by atoms with Crippen LogP contribution in [0.1, 0.15) is 5.56 Å². The number of aryl methyl sites for hydroxylation is 1. The third-order valence-corrected chi connectivity index (χ3v) is 1.98. The molecule has 0 aromatic heterocycles. The molecule has 6 heteroatoms. The molecule has 0 bridgehead atoms. The molecule has 1 aromatic carbocycles. The number of benzene rings is 1. The number of rotatable bonds is 3. The first-order valence-corrected chi connectivity index (χ1v) is 3.97. The Kier molecular flexibility index (Phi) is 6.79. The van der Waals surface area contributed by atoms with Crippen molar-refractivity contribution in [3.8, 4) is 0 Å². The van der Waals surface area contributed by atoms with Crippen molar-refractivity contribution in [3.05, 3.63) is 23.8 Å². The Hall–Kier alpha value is 0.250. The molecule has 2 N–H and O–H groups in total. The Morgan fingerprint density at radius 3 is 2.77 bits per heavy atom. The fourth-order valence-corrected chi connectivity index (χ4v) is 1.26. The van der Waals surface area contributed by atoms with E-state index in [0.717, 1.165) is 17.6 Å². The van der Waals surface area contributed by atoms with Crippen LogP contribution < -0.4 is 40.5 Å². The molecule has 0 saturated carbocycles. The quantitative estimate of drug-likeness (QED) is 0.201. The summed E-state index contributed by atoms with van der Waals surface area (Å²) in [6.45, 7) is 1.92. The molecule has 1 aromatic rings. The van der Waals surface area contributed by atoms with E-state index in [4.69, 9.17) is 5.73 Å². The van der Waals surface area contributed by atoms with Crippen molar-refractivity contribution in [1.82, 2.24) is 0 Å². The predicted molar refractivity (Wildman–Crippen MR) is 43.6 cm³/mol. The van der Waals surface area contributed by atoms with Crippen molar-refractivity contribution in [2.75, 3.05) is 5.73 Å². The minimum Gasteiger partial charge on any atom is -0.691 e. The first-order valence-electron chi connectivity index (χ1n) is 3.23. The van der Waals surface area contributed by atoms with Gasteiger partial charge in [0.25, 0.3) is 0 Å². The zero-order chi connectivity index (χ0) is 8.97. The molecule has 66 valence electrons. The maximum atomic E-state index is 9.52. The van der Waals surface area contributed by atoms with Crippen LogP contribution >= 0.6 is 12.0 Å². The van der Waals surface area contributed by atoms with Gasteiger partial charge in [-0.2, -0.15) is 4.33 Å². The van der Waals surface area contributed by atoms with E-state index in [1.165, 1.54) is 0 Å². The molecule has 0 aliphatic heterocycles. The Morgan fingerprint density at radius 2 is 2.15 bits per heavy atom. The van der Waals surface area contributed by atoms with Crippen LogP contribution in [0.2, 0.25) is 0 Å². The number of nitrogens with two attached hydrogens (primary N) is 1. The van der Waals surface area contributed by atoms with Crippen LogP contribution in [0.5, 0.6) is 0 Å². The largest absolute Gasteiger partial charge is 1.00 e. The van der Waals surface area contributed by atoms with E-state index < -0.39 is 0 Å². The number of hydrogen-bond acceptors (Lipinski definition) is 5. The summed E-state index contributed by atoms with van der Waals surface area (Å²) >= 11 is 0.801. The van der Waals surface area contributed by atoms with Crippen LogP contribution in [0.25, 0.3) is 0 Å². The molecule has 0 spiro atoms. The molecule has 13 heavy (non-hydrogen) atoms. The van der Waals surface area contributed by atoms with Crippen molar-refractivity contribution in [2.45, 2.75) is 11.8 Å². The van der Waals surface area contributed by atoms with Crippen LogP contribution in [-0.4, -0.2) is 0 Å². The smallest absolute Gasteiger partial charge is 0.691 e. The van der Waals surface area contributed by atoms with Crippen molar-refractivity contribution in [2.24, 2.45) is 0 Å².